The van der Waals surface area contributed by atoms with E-state index in [4.69, 9.17) is 21.1 Å². The largest absolute Gasteiger partial charge is 0.466 e. The molecule has 6 heteroatoms. The van der Waals surface area contributed by atoms with E-state index in [0.29, 0.717) is 43.3 Å². The summed E-state index contributed by atoms with van der Waals surface area (Å²) in [4.78, 5) is 25.9. The van der Waals surface area contributed by atoms with Crippen LogP contribution in [0.1, 0.15) is 44.0 Å². The van der Waals surface area contributed by atoms with Crippen LogP contribution in [0.25, 0.3) is 0 Å². The van der Waals surface area contributed by atoms with Crippen LogP contribution in [-0.4, -0.2) is 49.2 Å². The molecule has 1 amide bonds. The van der Waals surface area contributed by atoms with Crippen molar-refractivity contribution in [1.82, 2.24) is 4.90 Å². The summed E-state index contributed by atoms with van der Waals surface area (Å²) in [5.41, 5.74) is 0.438. The van der Waals surface area contributed by atoms with Crippen LogP contribution in [0.5, 0.6) is 0 Å². The molecular formula is C18H26ClNO4. The molecule has 0 heterocycles. The molecular weight excluding hydrogens is 330 g/mol. The van der Waals surface area contributed by atoms with Crippen molar-refractivity contribution in [3.8, 4) is 0 Å². The normalized spacial score (nSPS) is 10.7. The second-order valence-corrected chi connectivity index (χ2v) is 6.01. The number of rotatable bonds is 10. The Morgan fingerprint density at radius 2 is 1.92 bits per heavy atom. The van der Waals surface area contributed by atoms with E-state index in [1.807, 2.05) is 13.8 Å². The first-order valence-corrected chi connectivity index (χ1v) is 8.64. The summed E-state index contributed by atoms with van der Waals surface area (Å²) < 4.78 is 10.4. The van der Waals surface area contributed by atoms with Crippen LogP contribution in [0.15, 0.2) is 24.3 Å². The number of amides is 1. The fraction of sp³-hybridized carbons (Fsp3) is 0.556. The molecule has 0 aliphatic rings. The van der Waals surface area contributed by atoms with E-state index in [1.54, 1.807) is 36.1 Å². The molecule has 1 rings (SSSR count). The van der Waals surface area contributed by atoms with Crippen LogP contribution < -0.4 is 0 Å². The van der Waals surface area contributed by atoms with E-state index in [2.05, 4.69) is 0 Å². The fourth-order valence-corrected chi connectivity index (χ4v) is 2.37. The molecule has 0 saturated heterocycles. The summed E-state index contributed by atoms with van der Waals surface area (Å²) in [6.45, 7) is 7.37. The Balaban J connectivity index is 2.70. The van der Waals surface area contributed by atoms with E-state index in [1.165, 1.54) is 0 Å². The number of ether oxygens (including phenoxy) is 2. The molecule has 0 aliphatic heterocycles. The predicted molar refractivity (Wildman–Crippen MR) is 94.3 cm³/mol. The molecule has 0 atom stereocenters. The minimum atomic E-state index is -0.312. The number of hydrogen-bond donors (Lipinski definition) is 0. The molecule has 0 radical (unpaired) electrons. The number of carbonyl (C=O) groups excluding carboxylic acids is 2. The maximum atomic E-state index is 12.7. The molecule has 0 unspecified atom stereocenters. The quantitative estimate of drug-likeness (QED) is 0.475. The third-order valence-electron chi connectivity index (χ3n) is 3.31. The Hall–Kier alpha value is -1.59. The molecule has 0 bridgehead atoms. The van der Waals surface area contributed by atoms with Crippen LogP contribution in [0.3, 0.4) is 0 Å². The Bertz CT molecular complexity index is 534. The highest BCUT2D eigenvalue weighted by atomic mass is 35.5. The lowest BCUT2D eigenvalue weighted by molar-refractivity contribution is -0.143. The zero-order chi connectivity index (χ0) is 17.9. The monoisotopic (exact) mass is 355 g/mol. The molecule has 1 aromatic carbocycles. The number of halogens is 1. The van der Waals surface area contributed by atoms with Crippen molar-refractivity contribution in [1.29, 1.82) is 0 Å². The number of carbonyl (C=O) groups is 2. The van der Waals surface area contributed by atoms with Crippen molar-refractivity contribution >= 4 is 23.5 Å². The zero-order valence-electron chi connectivity index (χ0n) is 14.6. The van der Waals surface area contributed by atoms with Gasteiger partial charge in [-0.25, -0.2) is 0 Å². The topological polar surface area (TPSA) is 55.8 Å². The van der Waals surface area contributed by atoms with Gasteiger partial charge in [0.1, 0.15) is 0 Å². The number of nitrogens with zero attached hydrogens (tertiary/aromatic N) is 1. The first-order valence-electron chi connectivity index (χ1n) is 8.26. The third-order valence-corrected chi connectivity index (χ3v) is 3.64. The van der Waals surface area contributed by atoms with Crippen molar-refractivity contribution in [3.05, 3.63) is 34.9 Å². The van der Waals surface area contributed by atoms with E-state index < -0.39 is 0 Å². The average molecular weight is 356 g/mol. The zero-order valence-corrected chi connectivity index (χ0v) is 15.3. The van der Waals surface area contributed by atoms with Gasteiger partial charge in [0, 0.05) is 19.7 Å². The van der Waals surface area contributed by atoms with E-state index >= 15 is 0 Å². The lowest BCUT2D eigenvalue weighted by Gasteiger charge is -2.23. The maximum Gasteiger partial charge on any atom is 0.307 e. The second-order valence-electron chi connectivity index (χ2n) is 5.60. The van der Waals surface area contributed by atoms with Crippen LogP contribution in [0.4, 0.5) is 0 Å². The minimum Gasteiger partial charge on any atom is -0.466 e. The van der Waals surface area contributed by atoms with Gasteiger partial charge in [-0.15, -0.1) is 0 Å². The standard InChI is InChI=1S/C18H26ClNO4/c1-4-23-17(21)10-12-20(11-7-13-24-14(2)3)18(22)15-8-5-6-9-16(15)19/h5-6,8-9,14H,4,7,10-13H2,1-3H3. The molecule has 134 valence electrons. The maximum absolute atomic E-state index is 12.7. The Kier molecular flexibility index (Phi) is 9.42. The molecule has 5 nitrogen and oxygen atoms in total. The molecule has 0 N–H and O–H groups in total. The smallest absolute Gasteiger partial charge is 0.307 e. The van der Waals surface area contributed by atoms with E-state index in [9.17, 15) is 9.59 Å². The Labute approximate surface area is 148 Å². The molecule has 0 aliphatic carbocycles. The first kappa shape index (κ1) is 20.5. The molecule has 0 saturated carbocycles. The number of benzene rings is 1. The summed E-state index contributed by atoms with van der Waals surface area (Å²) in [5.74, 6) is -0.498. The average Bonchev–Trinajstić information content (AvgIpc) is 2.54. The van der Waals surface area contributed by atoms with Gasteiger partial charge in [-0.1, -0.05) is 23.7 Å². The molecule has 0 spiro atoms. The van der Waals surface area contributed by atoms with Gasteiger partial charge in [0.05, 0.1) is 29.7 Å². The molecule has 0 fully saturated rings. The van der Waals surface area contributed by atoms with Gasteiger partial charge in [0.15, 0.2) is 0 Å². The highest BCUT2D eigenvalue weighted by Gasteiger charge is 2.19. The number of esters is 1. The summed E-state index contributed by atoms with van der Waals surface area (Å²) in [5, 5.41) is 0.405. The summed E-state index contributed by atoms with van der Waals surface area (Å²) in [6.07, 6.45) is 1.00. The highest BCUT2D eigenvalue weighted by Crippen LogP contribution is 2.17. The van der Waals surface area contributed by atoms with Crippen LogP contribution >= 0.6 is 11.6 Å². The molecule has 0 aromatic heterocycles. The van der Waals surface area contributed by atoms with Gasteiger partial charge in [0.2, 0.25) is 0 Å². The lowest BCUT2D eigenvalue weighted by Crippen LogP contribution is -2.35. The van der Waals surface area contributed by atoms with Crippen molar-refractivity contribution in [2.45, 2.75) is 39.7 Å². The van der Waals surface area contributed by atoms with E-state index in [0.717, 1.165) is 0 Å². The van der Waals surface area contributed by atoms with Crippen LogP contribution in [0, 0.1) is 0 Å². The van der Waals surface area contributed by atoms with Gasteiger partial charge in [-0.2, -0.15) is 0 Å². The third kappa shape index (κ3) is 7.32. The SMILES string of the molecule is CCOC(=O)CCN(CCCOC(C)C)C(=O)c1ccccc1Cl. The van der Waals surface area contributed by atoms with Gasteiger partial charge < -0.3 is 14.4 Å². The Morgan fingerprint density at radius 1 is 1.21 bits per heavy atom. The Morgan fingerprint density at radius 3 is 2.54 bits per heavy atom. The summed E-state index contributed by atoms with van der Waals surface area (Å²) in [7, 11) is 0. The minimum absolute atomic E-state index is 0.150. The number of hydrogen-bond acceptors (Lipinski definition) is 4. The van der Waals surface area contributed by atoms with Crippen LogP contribution in [0.2, 0.25) is 5.02 Å². The van der Waals surface area contributed by atoms with E-state index in [-0.39, 0.29) is 24.4 Å². The van der Waals surface area contributed by atoms with Crippen molar-refractivity contribution in [2.75, 3.05) is 26.3 Å². The highest BCUT2D eigenvalue weighted by molar-refractivity contribution is 6.33. The van der Waals surface area contributed by atoms with Crippen molar-refractivity contribution < 1.29 is 19.1 Å². The summed E-state index contributed by atoms with van der Waals surface area (Å²) in [6, 6.07) is 6.91. The van der Waals surface area contributed by atoms with Crippen molar-refractivity contribution in [3.63, 3.8) is 0 Å². The lowest BCUT2D eigenvalue weighted by atomic mass is 10.2. The van der Waals surface area contributed by atoms with Gasteiger partial charge in [0.25, 0.3) is 5.91 Å². The second kappa shape index (κ2) is 11.0. The van der Waals surface area contributed by atoms with Gasteiger partial charge in [-0.3, -0.25) is 9.59 Å². The molecule has 24 heavy (non-hydrogen) atoms. The molecule has 1 aromatic rings. The fourth-order valence-electron chi connectivity index (χ4n) is 2.15. The first-order chi connectivity index (χ1) is 11.5. The predicted octanol–water partition coefficient (Wildman–Crippen LogP) is 3.55. The van der Waals surface area contributed by atoms with Gasteiger partial charge >= 0.3 is 5.97 Å². The summed E-state index contributed by atoms with van der Waals surface area (Å²) >= 11 is 6.11. The van der Waals surface area contributed by atoms with Gasteiger partial charge in [-0.05, 0) is 39.3 Å². The van der Waals surface area contributed by atoms with Crippen LogP contribution in [-0.2, 0) is 14.3 Å². The van der Waals surface area contributed by atoms with Crippen molar-refractivity contribution in [2.24, 2.45) is 0 Å².